The molecule has 0 spiro atoms. The highest BCUT2D eigenvalue weighted by atomic mass is 14.1. The standard InChI is InChI=1S/C26H22/c1-4-23(19-14-22-8-6-5-7-9-22)26(24-15-10-20(2)11-16-24)25-17-12-21(3)13-18-25/h4-13,15-18H,1H2,2-3H3. The number of allylic oxidation sites excluding steroid dienone is 2. The fourth-order valence-electron chi connectivity index (χ4n) is 2.79. The molecule has 3 aromatic carbocycles. The third-order valence-electron chi connectivity index (χ3n) is 4.27. The average Bonchev–Trinajstić information content (AvgIpc) is 2.68. The van der Waals surface area contributed by atoms with Crippen molar-refractivity contribution in [2.24, 2.45) is 0 Å². The molecule has 26 heavy (non-hydrogen) atoms. The van der Waals surface area contributed by atoms with Crippen molar-refractivity contribution >= 4 is 5.57 Å². The first kappa shape index (κ1) is 17.5. The Balaban J connectivity index is 2.18. The van der Waals surface area contributed by atoms with Crippen LogP contribution in [0.2, 0.25) is 0 Å². The van der Waals surface area contributed by atoms with E-state index < -0.39 is 0 Å². The molecule has 0 nitrogen and oxygen atoms in total. The van der Waals surface area contributed by atoms with Crippen molar-refractivity contribution in [3.05, 3.63) is 125 Å². The van der Waals surface area contributed by atoms with E-state index in [-0.39, 0.29) is 0 Å². The first-order chi connectivity index (χ1) is 12.7. The van der Waals surface area contributed by atoms with Gasteiger partial charge in [-0.25, -0.2) is 0 Å². The van der Waals surface area contributed by atoms with Gasteiger partial charge in [-0.15, -0.1) is 0 Å². The number of rotatable bonds is 3. The van der Waals surface area contributed by atoms with Gasteiger partial charge >= 0.3 is 0 Å². The van der Waals surface area contributed by atoms with Crippen LogP contribution in [0.1, 0.15) is 27.8 Å². The molecule has 0 unspecified atom stereocenters. The smallest absolute Gasteiger partial charge is 0.0327 e. The van der Waals surface area contributed by atoms with Gasteiger partial charge in [0.05, 0.1) is 0 Å². The van der Waals surface area contributed by atoms with Crippen LogP contribution in [0.5, 0.6) is 0 Å². The molecule has 0 amide bonds. The molecule has 0 saturated carbocycles. The number of hydrogen-bond donors (Lipinski definition) is 0. The molecule has 0 heteroatoms. The predicted molar refractivity (Wildman–Crippen MR) is 112 cm³/mol. The largest absolute Gasteiger partial charge is 0.0978 e. The van der Waals surface area contributed by atoms with E-state index in [2.05, 4.69) is 80.8 Å². The van der Waals surface area contributed by atoms with Crippen LogP contribution in [0.4, 0.5) is 0 Å². The van der Waals surface area contributed by atoms with Gasteiger partial charge in [0.25, 0.3) is 0 Å². The molecule has 0 N–H and O–H groups in total. The molecule has 0 saturated heterocycles. The van der Waals surface area contributed by atoms with E-state index >= 15 is 0 Å². The third-order valence-corrected chi connectivity index (χ3v) is 4.27. The lowest BCUT2D eigenvalue weighted by molar-refractivity contribution is 1.42. The maximum absolute atomic E-state index is 4.02. The second kappa shape index (κ2) is 8.19. The van der Waals surface area contributed by atoms with E-state index in [0.717, 1.165) is 27.8 Å². The van der Waals surface area contributed by atoms with Crippen LogP contribution < -0.4 is 0 Å². The van der Waals surface area contributed by atoms with Gasteiger partial charge in [0.1, 0.15) is 0 Å². The van der Waals surface area contributed by atoms with E-state index in [1.165, 1.54) is 11.1 Å². The number of hydrogen-bond acceptors (Lipinski definition) is 0. The van der Waals surface area contributed by atoms with Crippen LogP contribution in [0.25, 0.3) is 5.57 Å². The summed E-state index contributed by atoms with van der Waals surface area (Å²) in [5.41, 5.74) is 7.83. The first-order valence-electron chi connectivity index (χ1n) is 8.75. The molecule has 126 valence electrons. The van der Waals surface area contributed by atoms with Crippen molar-refractivity contribution in [3.8, 4) is 11.8 Å². The van der Waals surface area contributed by atoms with Crippen molar-refractivity contribution in [3.63, 3.8) is 0 Å². The summed E-state index contributed by atoms with van der Waals surface area (Å²) >= 11 is 0. The first-order valence-corrected chi connectivity index (χ1v) is 8.75. The Bertz CT molecular complexity index is 926. The Hall–Kier alpha value is -3.30. The van der Waals surface area contributed by atoms with Gasteiger partial charge in [0.2, 0.25) is 0 Å². The number of aryl methyl sites for hydroxylation is 2. The molecule has 0 aliphatic rings. The van der Waals surface area contributed by atoms with Gasteiger partial charge in [-0.05, 0) is 37.1 Å². The van der Waals surface area contributed by atoms with Crippen LogP contribution in [-0.2, 0) is 0 Å². The molecule has 0 aliphatic heterocycles. The third kappa shape index (κ3) is 4.21. The zero-order valence-corrected chi connectivity index (χ0v) is 15.3. The molecule has 0 heterocycles. The lowest BCUT2D eigenvalue weighted by atomic mass is 9.92. The minimum atomic E-state index is 0.932. The molecule has 0 aromatic heterocycles. The highest BCUT2D eigenvalue weighted by molar-refractivity contribution is 5.86. The van der Waals surface area contributed by atoms with E-state index in [4.69, 9.17) is 0 Å². The SMILES string of the molecule is C=CC(C#Cc1ccccc1)=C(c1ccc(C)cc1)c1ccc(C)cc1. The monoisotopic (exact) mass is 334 g/mol. The Kier molecular flexibility index (Phi) is 5.52. The highest BCUT2D eigenvalue weighted by Crippen LogP contribution is 2.28. The molecule has 0 atom stereocenters. The summed E-state index contributed by atoms with van der Waals surface area (Å²) < 4.78 is 0. The Morgan fingerprint density at radius 1 is 0.731 bits per heavy atom. The zero-order chi connectivity index (χ0) is 18.4. The quantitative estimate of drug-likeness (QED) is 0.387. The summed E-state index contributed by atoms with van der Waals surface area (Å²) in [5, 5.41) is 0. The molecule has 0 fully saturated rings. The molecule has 0 aliphatic carbocycles. The van der Waals surface area contributed by atoms with Crippen molar-refractivity contribution in [1.29, 1.82) is 0 Å². The fraction of sp³-hybridized carbons (Fsp3) is 0.0769. The van der Waals surface area contributed by atoms with Crippen molar-refractivity contribution in [2.75, 3.05) is 0 Å². The highest BCUT2D eigenvalue weighted by Gasteiger charge is 2.09. The van der Waals surface area contributed by atoms with Gasteiger partial charge in [-0.2, -0.15) is 0 Å². The van der Waals surface area contributed by atoms with Crippen molar-refractivity contribution < 1.29 is 0 Å². The molecule has 3 rings (SSSR count). The molecular weight excluding hydrogens is 312 g/mol. The Labute approximate surface area is 156 Å². The molecular formula is C26H22. The normalized spacial score (nSPS) is 9.77. The minimum absolute atomic E-state index is 0.932. The van der Waals surface area contributed by atoms with Gasteiger partial charge < -0.3 is 0 Å². The van der Waals surface area contributed by atoms with Crippen LogP contribution in [0.3, 0.4) is 0 Å². The summed E-state index contributed by atoms with van der Waals surface area (Å²) in [5.74, 6) is 6.58. The summed E-state index contributed by atoms with van der Waals surface area (Å²) in [6.07, 6.45) is 1.85. The second-order valence-corrected chi connectivity index (χ2v) is 6.34. The van der Waals surface area contributed by atoms with Crippen molar-refractivity contribution in [2.45, 2.75) is 13.8 Å². The summed E-state index contributed by atoms with van der Waals surface area (Å²) in [4.78, 5) is 0. The Morgan fingerprint density at radius 3 is 1.69 bits per heavy atom. The molecule has 0 radical (unpaired) electrons. The van der Waals surface area contributed by atoms with Crippen LogP contribution >= 0.6 is 0 Å². The Morgan fingerprint density at radius 2 is 1.23 bits per heavy atom. The summed E-state index contributed by atoms with van der Waals surface area (Å²) in [6, 6.07) is 27.2. The van der Waals surface area contributed by atoms with Crippen LogP contribution in [0.15, 0.2) is 97.1 Å². The summed E-state index contributed by atoms with van der Waals surface area (Å²) in [6.45, 7) is 8.22. The fourth-order valence-corrected chi connectivity index (χ4v) is 2.79. The van der Waals surface area contributed by atoms with Crippen LogP contribution in [0, 0.1) is 25.7 Å². The van der Waals surface area contributed by atoms with Crippen LogP contribution in [-0.4, -0.2) is 0 Å². The second-order valence-electron chi connectivity index (χ2n) is 6.34. The van der Waals surface area contributed by atoms with Gasteiger partial charge in [0.15, 0.2) is 0 Å². The maximum Gasteiger partial charge on any atom is 0.0327 e. The predicted octanol–water partition coefficient (Wildman–Crippen LogP) is 6.34. The van der Waals surface area contributed by atoms with Gasteiger partial charge in [-0.3, -0.25) is 0 Å². The zero-order valence-electron chi connectivity index (χ0n) is 15.3. The van der Waals surface area contributed by atoms with Gasteiger partial charge in [0, 0.05) is 16.7 Å². The van der Waals surface area contributed by atoms with E-state index in [0.29, 0.717) is 0 Å². The topological polar surface area (TPSA) is 0 Å². The van der Waals surface area contributed by atoms with E-state index in [9.17, 15) is 0 Å². The van der Waals surface area contributed by atoms with Crippen molar-refractivity contribution in [1.82, 2.24) is 0 Å². The lowest BCUT2D eigenvalue weighted by Gasteiger charge is -2.11. The van der Waals surface area contributed by atoms with E-state index in [1.807, 2.05) is 36.4 Å². The number of benzene rings is 3. The maximum atomic E-state index is 4.02. The molecule has 0 bridgehead atoms. The summed E-state index contributed by atoms with van der Waals surface area (Å²) in [7, 11) is 0. The van der Waals surface area contributed by atoms with E-state index in [1.54, 1.807) is 0 Å². The van der Waals surface area contributed by atoms with Gasteiger partial charge in [-0.1, -0.05) is 102 Å². The minimum Gasteiger partial charge on any atom is -0.0978 e. The lowest BCUT2D eigenvalue weighted by Crippen LogP contribution is -1.93. The molecule has 3 aromatic rings. The average molecular weight is 334 g/mol.